The molecule has 0 bridgehead atoms. The maximum absolute atomic E-state index is 12.8. The van der Waals surface area contributed by atoms with Crippen LogP contribution >= 0.6 is 0 Å². The Balaban J connectivity index is 1.80. The van der Waals surface area contributed by atoms with E-state index in [9.17, 15) is 4.79 Å². The predicted octanol–water partition coefficient (Wildman–Crippen LogP) is 3.84. The first-order valence-electron chi connectivity index (χ1n) is 9.06. The van der Waals surface area contributed by atoms with E-state index < -0.39 is 0 Å². The Hall–Kier alpha value is -3.18. The lowest BCUT2D eigenvalue weighted by Crippen LogP contribution is -2.37. The van der Waals surface area contributed by atoms with Gasteiger partial charge < -0.3 is 14.1 Å². The van der Waals surface area contributed by atoms with E-state index in [0.29, 0.717) is 43.3 Å². The van der Waals surface area contributed by atoms with Crippen molar-refractivity contribution in [3.8, 4) is 11.1 Å². The molecule has 27 heavy (non-hydrogen) atoms. The molecular formula is C22H18N2O3. The van der Waals surface area contributed by atoms with E-state index in [0.717, 1.165) is 21.9 Å². The zero-order valence-corrected chi connectivity index (χ0v) is 14.7. The first-order valence-corrected chi connectivity index (χ1v) is 9.06. The molecule has 0 unspecified atom stereocenters. The van der Waals surface area contributed by atoms with E-state index in [2.05, 4.69) is 11.1 Å². The Labute approximate surface area is 155 Å². The minimum absolute atomic E-state index is 0.263. The van der Waals surface area contributed by atoms with Crippen molar-refractivity contribution in [1.82, 2.24) is 4.98 Å². The summed E-state index contributed by atoms with van der Waals surface area (Å²) in [6, 6.07) is 20.4. The second kappa shape index (κ2) is 6.52. The molecule has 0 radical (unpaired) electrons. The van der Waals surface area contributed by atoms with E-state index in [4.69, 9.17) is 9.15 Å². The van der Waals surface area contributed by atoms with Gasteiger partial charge >= 0.3 is 6.01 Å². The molecule has 0 N–H and O–H groups in total. The second-order valence-electron chi connectivity index (χ2n) is 6.61. The smallest absolute Gasteiger partial charge is 0.301 e. The highest BCUT2D eigenvalue weighted by Gasteiger charge is 2.19. The van der Waals surface area contributed by atoms with Gasteiger partial charge in [0.2, 0.25) is 0 Å². The Morgan fingerprint density at radius 2 is 1.56 bits per heavy atom. The van der Waals surface area contributed by atoms with Gasteiger partial charge in [0.1, 0.15) is 0 Å². The zero-order chi connectivity index (χ0) is 18.2. The number of aromatic nitrogens is 1. The fourth-order valence-electron chi connectivity index (χ4n) is 3.63. The van der Waals surface area contributed by atoms with Crippen molar-refractivity contribution in [3.63, 3.8) is 0 Å². The third-order valence-corrected chi connectivity index (χ3v) is 4.98. The zero-order valence-electron chi connectivity index (χ0n) is 14.7. The highest BCUT2D eigenvalue weighted by atomic mass is 16.5. The Kier molecular flexibility index (Phi) is 3.87. The van der Waals surface area contributed by atoms with Crippen molar-refractivity contribution in [2.24, 2.45) is 0 Å². The molecule has 3 aromatic carbocycles. The van der Waals surface area contributed by atoms with Crippen LogP contribution in [0.2, 0.25) is 0 Å². The molecule has 0 atom stereocenters. The quantitative estimate of drug-likeness (QED) is 0.510. The van der Waals surface area contributed by atoms with E-state index in [1.807, 2.05) is 59.5 Å². The molecule has 0 amide bonds. The summed E-state index contributed by atoms with van der Waals surface area (Å²) < 4.78 is 11.5. The Morgan fingerprint density at radius 1 is 0.852 bits per heavy atom. The molecule has 1 aromatic heterocycles. The van der Waals surface area contributed by atoms with Gasteiger partial charge in [-0.3, -0.25) is 4.79 Å². The van der Waals surface area contributed by atoms with Crippen LogP contribution in [0.15, 0.2) is 69.9 Å². The molecule has 5 nitrogen and oxygen atoms in total. The highest BCUT2D eigenvalue weighted by molar-refractivity contribution is 6.11. The van der Waals surface area contributed by atoms with E-state index in [-0.39, 0.29) is 5.56 Å². The first kappa shape index (κ1) is 16.0. The number of ether oxygens (including phenoxy) is 1. The van der Waals surface area contributed by atoms with Crippen molar-refractivity contribution in [3.05, 3.63) is 71.0 Å². The largest absolute Gasteiger partial charge is 0.424 e. The summed E-state index contributed by atoms with van der Waals surface area (Å²) in [4.78, 5) is 19.0. The lowest BCUT2D eigenvalue weighted by Gasteiger charge is -2.26. The summed E-state index contributed by atoms with van der Waals surface area (Å²) in [7, 11) is 0. The average Bonchev–Trinajstić information content (AvgIpc) is 2.74. The van der Waals surface area contributed by atoms with Crippen LogP contribution < -0.4 is 10.5 Å². The number of benzene rings is 3. The second-order valence-corrected chi connectivity index (χ2v) is 6.61. The molecule has 1 fully saturated rings. The van der Waals surface area contributed by atoms with Crippen LogP contribution in [0.5, 0.6) is 0 Å². The fourth-order valence-corrected chi connectivity index (χ4v) is 3.63. The van der Waals surface area contributed by atoms with Gasteiger partial charge in [-0.2, -0.15) is 4.98 Å². The van der Waals surface area contributed by atoms with Crippen LogP contribution in [0.4, 0.5) is 6.01 Å². The van der Waals surface area contributed by atoms with Gasteiger partial charge in [-0.05, 0) is 22.6 Å². The van der Waals surface area contributed by atoms with Crippen LogP contribution in [-0.2, 0) is 4.74 Å². The third-order valence-electron chi connectivity index (χ3n) is 4.98. The third kappa shape index (κ3) is 2.76. The molecule has 134 valence electrons. The highest BCUT2D eigenvalue weighted by Crippen LogP contribution is 2.34. The van der Waals surface area contributed by atoms with Gasteiger partial charge in [0, 0.05) is 18.5 Å². The molecule has 1 saturated heterocycles. The standard InChI is InChI=1S/C22H18N2O3/c25-21-19-14-18(15-6-2-1-3-7-15)16-8-4-5-9-17(16)20(19)27-22(23-21)24-10-12-26-13-11-24/h1-9,14H,10-13H2. The lowest BCUT2D eigenvalue weighted by molar-refractivity contribution is 0.120. The number of hydrogen-bond acceptors (Lipinski definition) is 5. The lowest BCUT2D eigenvalue weighted by atomic mass is 9.96. The molecule has 4 aromatic rings. The normalized spacial score (nSPS) is 14.7. The van der Waals surface area contributed by atoms with Gasteiger partial charge in [0.15, 0.2) is 5.58 Å². The van der Waals surface area contributed by atoms with Gasteiger partial charge in [0.25, 0.3) is 5.56 Å². The fraction of sp³-hybridized carbons (Fsp3) is 0.182. The Morgan fingerprint density at radius 3 is 2.33 bits per heavy atom. The van der Waals surface area contributed by atoms with Gasteiger partial charge in [-0.15, -0.1) is 0 Å². The SMILES string of the molecule is O=c1nc(N2CCOCC2)oc2c1cc(-c1ccccc1)c1ccccc12. The topological polar surface area (TPSA) is 55.6 Å². The summed E-state index contributed by atoms with van der Waals surface area (Å²) in [6.45, 7) is 2.55. The minimum atomic E-state index is -0.263. The van der Waals surface area contributed by atoms with Crippen LogP contribution in [0.1, 0.15) is 0 Å². The molecule has 2 heterocycles. The summed E-state index contributed by atoms with van der Waals surface area (Å²) in [5.74, 6) is 0. The molecule has 0 saturated carbocycles. The number of rotatable bonds is 2. The maximum Gasteiger partial charge on any atom is 0.301 e. The van der Waals surface area contributed by atoms with E-state index >= 15 is 0 Å². The average molecular weight is 358 g/mol. The first-order chi connectivity index (χ1) is 13.3. The summed E-state index contributed by atoms with van der Waals surface area (Å²) in [5, 5.41) is 2.48. The minimum Gasteiger partial charge on any atom is -0.424 e. The molecule has 5 heteroatoms. The van der Waals surface area contributed by atoms with Crippen molar-refractivity contribution in [1.29, 1.82) is 0 Å². The maximum atomic E-state index is 12.8. The van der Waals surface area contributed by atoms with Crippen LogP contribution in [0.3, 0.4) is 0 Å². The molecule has 1 aliphatic heterocycles. The van der Waals surface area contributed by atoms with Crippen molar-refractivity contribution < 1.29 is 9.15 Å². The number of nitrogens with zero attached hydrogens (tertiary/aromatic N) is 2. The van der Waals surface area contributed by atoms with Gasteiger partial charge in [-0.1, -0.05) is 54.6 Å². The molecule has 5 rings (SSSR count). The summed E-state index contributed by atoms with van der Waals surface area (Å²) in [5.41, 5.74) is 2.40. The van der Waals surface area contributed by atoms with Crippen molar-refractivity contribution >= 4 is 27.8 Å². The molecule has 0 aliphatic carbocycles. The summed E-state index contributed by atoms with van der Waals surface area (Å²) in [6.07, 6.45) is 0. The monoisotopic (exact) mass is 358 g/mol. The van der Waals surface area contributed by atoms with E-state index in [1.54, 1.807) is 0 Å². The number of anilines is 1. The number of hydrogen-bond donors (Lipinski definition) is 0. The summed E-state index contributed by atoms with van der Waals surface area (Å²) >= 11 is 0. The van der Waals surface area contributed by atoms with Gasteiger partial charge in [-0.25, -0.2) is 0 Å². The number of fused-ring (bicyclic) bond motifs is 3. The molecule has 1 aliphatic rings. The van der Waals surface area contributed by atoms with Crippen LogP contribution in [0.25, 0.3) is 32.9 Å². The van der Waals surface area contributed by atoms with Crippen molar-refractivity contribution in [2.45, 2.75) is 0 Å². The van der Waals surface area contributed by atoms with Gasteiger partial charge in [0.05, 0.1) is 18.6 Å². The number of morpholine rings is 1. The molecule has 0 spiro atoms. The van der Waals surface area contributed by atoms with E-state index in [1.165, 1.54) is 0 Å². The van der Waals surface area contributed by atoms with Crippen molar-refractivity contribution in [2.75, 3.05) is 31.2 Å². The Bertz CT molecular complexity index is 1180. The molecular weight excluding hydrogens is 340 g/mol. The van der Waals surface area contributed by atoms with Crippen LogP contribution in [-0.4, -0.2) is 31.3 Å². The van der Waals surface area contributed by atoms with Crippen LogP contribution in [0, 0.1) is 0 Å². The predicted molar refractivity (Wildman–Crippen MR) is 106 cm³/mol.